The van der Waals surface area contributed by atoms with E-state index in [1.807, 2.05) is 0 Å². The van der Waals surface area contributed by atoms with E-state index in [9.17, 15) is 0 Å². The second kappa shape index (κ2) is 8.84. The molecular weight excluding hydrogens is 263 g/mol. The van der Waals surface area contributed by atoms with Gasteiger partial charge in [-0.1, -0.05) is 0 Å². The number of aliphatic hydroxyl groups excluding tert-OH is 1. The zero-order chi connectivity index (χ0) is 3.41. The summed E-state index contributed by atoms with van der Waals surface area (Å²) in [6, 6.07) is 0. The molecule has 0 radical (unpaired) electrons. The van der Waals surface area contributed by atoms with Crippen molar-refractivity contribution in [1.29, 1.82) is 0 Å². The molecule has 0 atom stereocenters. The van der Waals surface area contributed by atoms with E-state index in [0.29, 0.717) is 6.54 Å². The first-order valence-electron chi connectivity index (χ1n) is 1.22. The van der Waals surface area contributed by atoms with E-state index in [2.05, 4.69) is 0 Å². The van der Waals surface area contributed by atoms with Gasteiger partial charge in [0.25, 0.3) is 0 Å². The van der Waals surface area contributed by atoms with Crippen molar-refractivity contribution in [2.24, 2.45) is 5.73 Å². The Morgan fingerprint density at radius 2 is 1.80 bits per heavy atom. The Balaban J connectivity index is 0. The molecule has 0 saturated carbocycles. The molecule has 0 heterocycles. The third-order valence-electron chi connectivity index (χ3n) is 0.129. The van der Waals surface area contributed by atoms with Crippen LogP contribution in [0, 0.1) is 0 Å². The second-order valence-electron chi connectivity index (χ2n) is 0.512. The van der Waals surface area contributed by atoms with Crippen molar-refractivity contribution in [3.05, 3.63) is 0 Å². The molecule has 0 bridgehead atoms. The third kappa shape index (κ3) is 11.6. The van der Waals surface area contributed by atoms with Crippen LogP contribution in [0.1, 0.15) is 0 Å². The van der Waals surface area contributed by atoms with Gasteiger partial charge in [0.1, 0.15) is 0 Å². The number of hydrogen-bond acceptors (Lipinski definition) is 2. The summed E-state index contributed by atoms with van der Waals surface area (Å²) in [6.45, 7) is 0.472. The standard InChI is InChI=1S/C2H7NO.Po.2H/c3-1-2-4;;;/h4H,1-3H2;;;. The second-order valence-corrected chi connectivity index (χ2v) is 0.512. The van der Waals surface area contributed by atoms with Crippen LogP contribution in [0.4, 0.5) is 0 Å². The van der Waals surface area contributed by atoms with E-state index in [1.165, 1.54) is 0 Å². The molecular formula is C2H9NOPo. The quantitative estimate of drug-likeness (QED) is 0.581. The Labute approximate surface area is 50.8 Å². The van der Waals surface area contributed by atoms with E-state index >= 15 is 0 Å². The average molecular weight is 272 g/mol. The number of rotatable bonds is 1. The molecule has 2 nitrogen and oxygen atoms in total. The van der Waals surface area contributed by atoms with Crippen LogP contribution in [0.2, 0.25) is 0 Å². The van der Waals surface area contributed by atoms with E-state index in [4.69, 9.17) is 10.8 Å². The summed E-state index contributed by atoms with van der Waals surface area (Å²) in [5.41, 5.74) is 4.78. The van der Waals surface area contributed by atoms with Gasteiger partial charge in [0.05, 0.1) is 6.61 Å². The van der Waals surface area contributed by atoms with Gasteiger partial charge in [0.2, 0.25) is 0 Å². The zero-order valence-electron chi connectivity index (χ0n) is 2.94. The van der Waals surface area contributed by atoms with Crippen molar-refractivity contribution >= 4 is 26.6 Å². The normalized spacial score (nSPS) is 6.00. The van der Waals surface area contributed by atoms with Crippen LogP contribution >= 0.6 is 0 Å². The molecule has 5 heavy (non-hydrogen) atoms. The molecule has 3 N–H and O–H groups in total. The van der Waals surface area contributed by atoms with Crippen molar-refractivity contribution in [1.82, 2.24) is 0 Å². The summed E-state index contributed by atoms with van der Waals surface area (Å²) in [4.78, 5) is 0. The predicted molar refractivity (Wildman–Crippen MR) is 24.7 cm³/mol. The summed E-state index contributed by atoms with van der Waals surface area (Å²) >= 11 is 0. The molecule has 3 heteroatoms. The van der Waals surface area contributed by atoms with Crippen LogP contribution in [0.3, 0.4) is 0 Å². The van der Waals surface area contributed by atoms with Gasteiger partial charge < -0.3 is 10.8 Å². The Morgan fingerprint density at radius 3 is 1.80 bits per heavy atom. The zero-order valence-corrected chi connectivity index (χ0v) is 6.83. The van der Waals surface area contributed by atoms with Gasteiger partial charge in [-0.2, -0.15) is 0 Å². The van der Waals surface area contributed by atoms with E-state index in [1.54, 1.807) is 0 Å². The fraction of sp³-hybridized carbons (Fsp3) is 1.00. The summed E-state index contributed by atoms with van der Waals surface area (Å²) < 4.78 is 0. The van der Waals surface area contributed by atoms with Crippen LogP contribution in [0.25, 0.3) is 0 Å². The van der Waals surface area contributed by atoms with Crippen LogP contribution in [0.5, 0.6) is 0 Å². The molecule has 0 aromatic heterocycles. The molecule has 0 aliphatic heterocycles. The van der Waals surface area contributed by atoms with Crippen molar-refractivity contribution in [3.63, 3.8) is 0 Å². The van der Waals surface area contributed by atoms with Gasteiger partial charge in [0.15, 0.2) is 0 Å². The van der Waals surface area contributed by atoms with E-state index in [-0.39, 0.29) is 33.2 Å². The molecule has 0 fully saturated rings. The monoisotopic (exact) mass is 272 g/mol. The molecule has 0 aliphatic carbocycles. The maximum atomic E-state index is 7.75. The molecule has 0 aromatic carbocycles. The van der Waals surface area contributed by atoms with Crippen LogP contribution in [-0.2, 0) is 0 Å². The number of nitrogens with two attached hydrogens (primary N) is 1. The summed E-state index contributed by atoms with van der Waals surface area (Å²) in [5, 5.41) is 7.75. The fourth-order valence-electron chi connectivity index (χ4n) is 0. The Kier molecular flexibility index (Phi) is 16.4. The third-order valence-corrected chi connectivity index (χ3v) is 0.129. The molecule has 0 aliphatic rings. The first-order valence-corrected chi connectivity index (χ1v) is 1.22. The number of hydrogen-bond donors (Lipinski definition) is 2. The topological polar surface area (TPSA) is 46.2 Å². The van der Waals surface area contributed by atoms with Crippen molar-refractivity contribution in [3.8, 4) is 0 Å². The van der Waals surface area contributed by atoms with Crippen molar-refractivity contribution < 1.29 is 5.11 Å². The van der Waals surface area contributed by atoms with Gasteiger partial charge in [0, 0.05) is 6.54 Å². The SMILES string of the molecule is NCCO.[PoH2]. The Hall–Kier alpha value is 0.816. The Morgan fingerprint density at radius 1 is 1.60 bits per heavy atom. The van der Waals surface area contributed by atoms with Gasteiger partial charge in [-0.15, -0.1) is 0 Å². The van der Waals surface area contributed by atoms with Crippen LogP contribution in [-0.4, -0.2) is 44.8 Å². The number of aliphatic hydroxyl groups is 1. The summed E-state index contributed by atoms with van der Waals surface area (Å²) in [7, 11) is 0. The molecule has 0 amide bonds. The molecule has 0 rings (SSSR count). The summed E-state index contributed by atoms with van der Waals surface area (Å²) in [5.74, 6) is 0. The van der Waals surface area contributed by atoms with Gasteiger partial charge in [-0.05, 0) is 0 Å². The molecule has 0 unspecified atom stereocenters. The molecule has 0 spiro atoms. The van der Waals surface area contributed by atoms with Gasteiger partial charge in [-0.25, -0.2) is 0 Å². The maximum absolute atomic E-state index is 7.75. The molecule has 34 valence electrons. The predicted octanol–water partition coefficient (Wildman–Crippen LogP) is -1.98. The fourth-order valence-corrected chi connectivity index (χ4v) is 0. The average Bonchev–Trinajstić information content (AvgIpc) is 1.37. The molecule has 0 saturated heterocycles. The first kappa shape index (κ1) is 9.26. The van der Waals surface area contributed by atoms with Crippen LogP contribution < -0.4 is 5.73 Å². The van der Waals surface area contributed by atoms with Gasteiger partial charge in [-0.3, -0.25) is 0 Å². The minimum absolute atomic E-state index is 0. The van der Waals surface area contributed by atoms with E-state index < -0.39 is 0 Å². The van der Waals surface area contributed by atoms with Crippen LogP contribution in [0.15, 0.2) is 0 Å². The summed E-state index contributed by atoms with van der Waals surface area (Å²) in [6.07, 6.45) is 0. The van der Waals surface area contributed by atoms with Crippen molar-refractivity contribution in [2.75, 3.05) is 13.2 Å². The van der Waals surface area contributed by atoms with Gasteiger partial charge >= 0.3 is 26.6 Å². The Bertz CT molecular complexity index is 11.6. The first-order chi connectivity index (χ1) is 1.91. The minimum atomic E-state index is 0. The van der Waals surface area contributed by atoms with Crippen molar-refractivity contribution in [2.45, 2.75) is 0 Å². The van der Waals surface area contributed by atoms with E-state index in [0.717, 1.165) is 0 Å². The molecule has 0 aromatic rings.